The van der Waals surface area contributed by atoms with Gasteiger partial charge in [-0.05, 0) is 42.5 Å². The molecule has 0 aliphatic heterocycles. The lowest BCUT2D eigenvalue weighted by molar-refractivity contribution is -0.113. The second-order valence-electron chi connectivity index (χ2n) is 5.05. The van der Waals surface area contributed by atoms with E-state index < -0.39 is 5.82 Å². The molecule has 3 rings (SSSR count). The van der Waals surface area contributed by atoms with Crippen molar-refractivity contribution in [1.82, 2.24) is 10.2 Å². The molecule has 0 saturated heterocycles. The Bertz CT molecular complexity index is 889. The second kappa shape index (κ2) is 8.68. The number of rotatable bonds is 7. The Labute approximate surface area is 157 Å². The fourth-order valence-corrected chi connectivity index (χ4v) is 2.63. The molecule has 0 radical (unpaired) electrons. The van der Waals surface area contributed by atoms with Gasteiger partial charge in [0.25, 0.3) is 11.1 Å². The number of ether oxygens (including phenoxy) is 1. The molecule has 134 valence electrons. The van der Waals surface area contributed by atoms with E-state index in [1.54, 1.807) is 30.3 Å². The largest absolute Gasteiger partial charge is 0.484 e. The number of hydrogen-bond donors (Lipinski definition) is 1. The van der Waals surface area contributed by atoms with E-state index in [4.69, 9.17) is 20.8 Å². The zero-order valence-electron chi connectivity index (χ0n) is 13.3. The molecule has 26 heavy (non-hydrogen) atoms. The van der Waals surface area contributed by atoms with Crippen LogP contribution in [0.5, 0.6) is 5.75 Å². The Morgan fingerprint density at radius 3 is 2.81 bits per heavy atom. The molecule has 0 spiro atoms. The third kappa shape index (κ3) is 5.47. The molecular weight excluding hydrogens is 381 g/mol. The van der Waals surface area contributed by atoms with E-state index in [1.807, 2.05) is 0 Å². The molecule has 0 bridgehead atoms. The lowest BCUT2D eigenvalue weighted by Gasteiger charge is -2.03. The summed E-state index contributed by atoms with van der Waals surface area (Å²) in [7, 11) is 0. The zero-order chi connectivity index (χ0) is 18.4. The molecule has 1 N–H and O–H groups in total. The van der Waals surface area contributed by atoms with Gasteiger partial charge in [-0.1, -0.05) is 29.4 Å². The molecule has 0 aliphatic carbocycles. The quantitative estimate of drug-likeness (QED) is 0.607. The molecule has 3 aromatic rings. The highest BCUT2D eigenvalue weighted by Gasteiger charge is 2.11. The van der Waals surface area contributed by atoms with Crippen molar-refractivity contribution in [3.05, 3.63) is 65.3 Å². The molecule has 0 unspecified atom stereocenters. The minimum Gasteiger partial charge on any atom is -0.484 e. The van der Waals surface area contributed by atoms with Crippen molar-refractivity contribution < 1.29 is 18.3 Å². The molecule has 1 amide bonds. The third-order valence-electron chi connectivity index (χ3n) is 3.06. The van der Waals surface area contributed by atoms with E-state index >= 15 is 0 Å². The molecule has 6 nitrogen and oxygen atoms in total. The molecular formula is C17H13ClFN3O3S. The fourth-order valence-electron chi connectivity index (χ4n) is 1.92. The zero-order valence-corrected chi connectivity index (χ0v) is 14.9. The summed E-state index contributed by atoms with van der Waals surface area (Å²) in [6.45, 7) is 0.102. The van der Waals surface area contributed by atoms with Gasteiger partial charge in [0.2, 0.25) is 5.91 Å². The maximum Gasteiger partial charge on any atom is 0.277 e. The first-order valence-corrected chi connectivity index (χ1v) is 8.84. The van der Waals surface area contributed by atoms with Gasteiger partial charge in [0.15, 0.2) is 6.61 Å². The van der Waals surface area contributed by atoms with Crippen LogP contribution in [0.4, 0.5) is 10.1 Å². The monoisotopic (exact) mass is 393 g/mol. The Morgan fingerprint density at radius 2 is 2.04 bits per heavy atom. The highest BCUT2D eigenvalue weighted by Crippen LogP contribution is 2.19. The first-order chi connectivity index (χ1) is 12.6. The maximum atomic E-state index is 13.1. The van der Waals surface area contributed by atoms with Crippen molar-refractivity contribution in [3.63, 3.8) is 0 Å². The van der Waals surface area contributed by atoms with E-state index in [2.05, 4.69) is 15.5 Å². The first-order valence-electron chi connectivity index (χ1n) is 7.47. The van der Waals surface area contributed by atoms with Gasteiger partial charge >= 0.3 is 0 Å². The number of nitrogens with zero attached hydrogens (tertiary/aromatic N) is 2. The Morgan fingerprint density at radius 1 is 1.23 bits per heavy atom. The Hall–Kier alpha value is -2.58. The summed E-state index contributed by atoms with van der Waals surface area (Å²) in [4.78, 5) is 11.9. The van der Waals surface area contributed by atoms with Crippen molar-refractivity contribution in [2.45, 2.75) is 11.8 Å². The minimum atomic E-state index is -0.419. The smallest absolute Gasteiger partial charge is 0.277 e. The van der Waals surface area contributed by atoms with Gasteiger partial charge in [-0.3, -0.25) is 4.79 Å². The maximum absolute atomic E-state index is 13.1. The lowest BCUT2D eigenvalue weighted by Crippen LogP contribution is -2.14. The van der Waals surface area contributed by atoms with Crippen molar-refractivity contribution in [2.75, 3.05) is 11.1 Å². The molecule has 0 atom stereocenters. The van der Waals surface area contributed by atoms with Gasteiger partial charge in [-0.2, -0.15) is 0 Å². The Kier molecular flexibility index (Phi) is 6.08. The number of thioether (sulfide) groups is 1. The second-order valence-corrected chi connectivity index (χ2v) is 6.41. The van der Waals surface area contributed by atoms with Crippen LogP contribution in [0.1, 0.15) is 5.89 Å². The SMILES string of the molecule is O=C(CSc1nnc(COc2ccc(Cl)cc2)o1)Nc1cccc(F)c1. The van der Waals surface area contributed by atoms with Gasteiger partial charge in [-0.15, -0.1) is 10.2 Å². The van der Waals surface area contributed by atoms with Crippen molar-refractivity contribution >= 4 is 35.0 Å². The topological polar surface area (TPSA) is 77.2 Å². The van der Waals surface area contributed by atoms with Crippen LogP contribution < -0.4 is 10.1 Å². The van der Waals surface area contributed by atoms with Crippen LogP contribution >= 0.6 is 23.4 Å². The molecule has 1 heterocycles. The number of anilines is 1. The van der Waals surface area contributed by atoms with Crippen LogP contribution in [0.2, 0.25) is 5.02 Å². The number of hydrogen-bond acceptors (Lipinski definition) is 6. The summed E-state index contributed by atoms with van der Waals surface area (Å²) < 4.78 is 24.0. The van der Waals surface area contributed by atoms with Crippen LogP contribution in [0.3, 0.4) is 0 Å². The number of carbonyl (C=O) groups is 1. The standard InChI is InChI=1S/C17H13ClFN3O3S/c18-11-4-6-14(7-5-11)24-9-16-21-22-17(25-16)26-10-15(23)20-13-3-1-2-12(19)8-13/h1-8H,9-10H2,(H,20,23). The van der Waals surface area contributed by atoms with E-state index in [0.717, 1.165) is 11.8 Å². The summed E-state index contributed by atoms with van der Waals surface area (Å²) in [6, 6.07) is 12.5. The number of carbonyl (C=O) groups excluding carboxylic acids is 1. The number of nitrogens with one attached hydrogen (secondary N) is 1. The minimum absolute atomic E-state index is 0.0518. The predicted octanol–water partition coefficient (Wildman–Crippen LogP) is 4.17. The third-order valence-corrected chi connectivity index (χ3v) is 4.13. The summed E-state index contributed by atoms with van der Waals surface area (Å²) in [5.74, 6) is 0.232. The van der Waals surface area contributed by atoms with E-state index in [0.29, 0.717) is 16.5 Å². The van der Waals surface area contributed by atoms with E-state index in [9.17, 15) is 9.18 Å². The average Bonchev–Trinajstić information content (AvgIpc) is 3.07. The summed E-state index contributed by atoms with van der Waals surface area (Å²) in [5.41, 5.74) is 0.387. The predicted molar refractivity (Wildman–Crippen MR) is 95.8 cm³/mol. The van der Waals surface area contributed by atoms with Crippen LogP contribution in [-0.2, 0) is 11.4 Å². The molecule has 0 fully saturated rings. The molecule has 1 aromatic heterocycles. The van der Waals surface area contributed by atoms with Crippen LogP contribution in [-0.4, -0.2) is 21.9 Å². The van der Waals surface area contributed by atoms with Crippen molar-refractivity contribution in [1.29, 1.82) is 0 Å². The van der Waals surface area contributed by atoms with Crippen LogP contribution in [0, 0.1) is 5.82 Å². The number of benzene rings is 2. The van der Waals surface area contributed by atoms with Gasteiger partial charge in [0, 0.05) is 10.7 Å². The van der Waals surface area contributed by atoms with Gasteiger partial charge in [-0.25, -0.2) is 4.39 Å². The summed E-state index contributed by atoms with van der Waals surface area (Å²) in [5, 5.41) is 11.1. The molecule has 2 aromatic carbocycles. The summed E-state index contributed by atoms with van der Waals surface area (Å²) in [6.07, 6.45) is 0. The number of aromatic nitrogens is 2. The van der Waals surface area contributed by atoms with E-state index in [1.165, 1.54) is 18.2 Å². The van der Waals surface area contributed by atoms with Crippen molar-refractivity contribution in [2.24, 2.45) is 0 Å². The van der Waals surface area contributed by atoms with Gasteiger partial charge in [0.1, 0.15) is 11.6 Å². The highest BCUT2D eigenvalue weighted by atomic mass is 35.5. The van der Waals surface area contributed by atoms with Gasteiger partial charge in [0.05, 0.1) is 5.75 Å². The number of halogens is 2. The van der Waals surface area contributed by atoms with Gasteiger partial charge < -0.3 is 14.5 Å². The Balaban J connectivity index is 1.45. The first kappa shape index (κ1) is 18.2. The van der Waals surface area contributed by atoms with Crippen molar-refractivity contribution in [3.8, 4) is 5.75 Å². The van der Waals surface area contributed by atoms with E-state index in [-0.39, 0.29) is 29.4 Å². The number of amides is 1. The highest BCUT2D eigenvalue weighted by molar-refractivity contribution is 7.99. The molecule has 0 saturated carbocycles. The van der Waals surface area contributed by atoms with Crippen LogP contribution in [0.15, 0.2) is 58.2 Å². The fraction of sp³-hybridized carbons (Fsp3) is 0.118. The summed E-state index contributed by atoms with van der Waals surface area (Å²) >= 11 is 6.88. The average molecular weight is 394 g/mol. The van der Waals surface area contributed by atoms with Crippen LogP contribution in [0.25, 0.3) is 0 Å². The molecule has 9 heteroatoms. The normalized spacial score (nSPS) is 10.5. The lowest BCUT2D eigenvalue weighted by atomic mass is 10.3. The molecule has 0 aliphatic rings.